The van der Waals surface area contributed by atoms with Gasteiger partial charge in [0, 0.05) is 11.6 Å². The lowest BCUT2D eigenvalue weighted by Gasteiger charge is -2.10. The number of halogens is 1. The van der Waals surface area contributed by atoms with Crippen LogP contribution in [0.25, 0.3) is 10.9 Å². The number of pyridine rings is 1. The topological polar surface area (TPSA) is 94.0 Å². The van der Waals surface area contributed by atoms with Crippen LogP contribution in [0.15, 0.2) is 18.3 Å². The van der Waals surface area contributed by atoms with Gasteiger partial charge in [0.1, 0.15) is 0 Å². The Hall–Kier alpha value is -1.85. The molecule has 1 heterocycles. The van der Waals surface area contributed by atoms with E-state index < -0.39 is 5.91 Å². The Bertz CT molecular complexity index is 612. The maximum atomic E-state index is 11.5. The largest absolute Gasteiger partial charge is 0.397 e. The monoisotopic (exact) mass is 250 g/mol. The molecule has 0 saturated carbocycles. The molecule has 1 aromatic carbocycles. The lowest BCUT2D eigenvalue weighted by Crippen LogP contribution is -2.30. The minimum absolute atomic E-state index is 0.215. The van der Waals surface area contributed by atoms with Crippen molar-refractivity contribution in [2.24, 2.45) is 5.84 Å². The molecule has 1 aromatic heterocycles. The van der Waals surface area contributed by atoms with E-state index in [1.54, 1.807) is 6.07 Å². The van der Waals surface area contributed by atoms with E-state index in [-0.39, 0.29) is 11.3 Å². The van der Waals surface area contributed by atoms with Gasteiger partial charge in [-0.1, -0.05) is 17.7 Å². The summed E-state index contributed by atoms with van der Waals surface area (Å²) in [4.78, 5) is 15.7. The molecule has 2 aromatic rings. The van der Waals surface area contributed by atoms with E-state index in [2.05, 4.69) is 4.98 Å². The highest BCUT2D eigenvalue weighted by molar-refractivity contribution is 6.37. The summed E-state index contributed by atoms with van der Waals surface area (Å²) < 4.78 is 0. The van der Waals surface area contributed by atoms with E-state index in [0.717, 1.165) is 5.56 Å². The van der Waals surface area contributed by atoms with Crippen LogP contribution in [0.3, 0.4) is 0 Å². The molecule has 17 heavy (non-hydrogen) atoms. The molecule has 6 heteroatoms. The molecule has 0 saturated heterocycles. The van der Waals surface area contributed by atoms with E-state index in [9.17, 15) is 4.79 Å². The van der Waals surface area contributed by atoms with Crippen LogP contribution in [-0.2, 0) is 0 Å². The molecule has 0 fully saturated rings. The minimum Gasteiger partial charge on any atom is -0.397 e. The molecule has 5 nitrogen and oxygen atoms in total. The van der Waals surface area contributed by atoms with Crippen molar-refractivity contribution in [3.8, 4) is 0 Å². The standard InChI is InChI=1S/C11H11ClN4O/c1-5-2-3-7(12)8-9(13)6(11(17)16-14)4-15-10(5)8/h2-4H,14H2,1H3,(H2,13,15)(H,16,17). The third-order valence-electron chi connectivity index (χ3n) is 2.59. The van der Waals surface area contributed by atoms with Gasteiger partial charge in [-0.2, -0.15) is 0 Å². The zero-order valence-electron chi connectivity index (χ0n) is 9.12. The van der Waals surface area contributed by atoms with Crippen LogP contribution >= 0.6 is 11.6 Å². The summed E-state index contributed by atoms with van der Waals surface area (Å²) in [7, 11) is 0. The second-order valence-corrected chi connectivity index (χ2v) is 4.05. The molecule has 0 bridgehead atoms. The van der Waals surface area contributed by atoms with Gasteiger partial charge in [0.2, 0.25) is 0 Å². The lowest BCUT2D eigenvalue weighted by atomic mass is 10.1. The fourth-order valence-electron chi connectivity index (χ4n) is 1.69. The van der Waals surface area contributed by atoms with Crippen LogP contribution in [0.1, 0.15) is 15.9 Å². The van der Waals surface area contributed by atoms with Gasteiger partial charge in [0.25, 0.3) is 5.91 Å². The number of nitrogen functional groups attached to an aromatic ring is 2. The Morgan fingerprint density at radius 3 is 2.82 bits per heavy atom. The van der Waals surface area contributed by atoms with E-state index >= 15 is 0 Å². The predicted molar refractivity (Wildman–Crippen MR) is 67.6 cm³/mol. The number of hydrogen-bond donors (Lipinski definition) is 3. The predicted octanol–water partition coefficient (Wildman–Crippen LogP) is 1.38. The fourth-order valence-corrected chi connectivity index (χ4v) is 1.94. The summed E-state index contributed by atoms with van der Waals surface area (Å²) >= 11 is 6.07. The number of nitrogens with zero attached hydrogens (tertiary/aromatic N) is 1. The van der Waals surface area contributed by atoms with Crippen molar-refractivity contribution in [3.63, 3.8) is 0 Å². The number of benzene rings is 1. The van der Waals surface area contributed by atoms with Crippen LogP contribution in [-0.4, -0.2) is 10.9 Å². The summed E-state index contributed by atoms with van der Waals surface area (Å²) in [6.07, 6.45) is 1.39. The molecule has 1 amide bonds. The highest BCUT2D eigenvalue weighted by atomic mass is 35.5. The van der Waals surface area contributed by atoms with E-state index in [1.165, 1.54) is 6.20 Å². The van der Waals surface area contributed by atoms with Crippen molar-refractivity contribution in [3.05, 3.63) is 34.5 Å². The number of nitrogens with one attached hydrogen (secondary N) is 1. The number of hydrogen-bond acceptors (Lipinski definition) is 4. The van der Waals surface area contributed by atoms with Crippen LogP contribution in [0.5, 0.6) is 0 Å². The molecule has 2 rings (SSSR count). The molecule has 0 spiro atoms. The fraction of sp³-hybridized carbons (Fsp3) is 0.0909. The van der Waals surface area contributed by atoms with Crippen molar-refractivity contribution in [2.75, 3.05) is 5.73 Å². The molecule has 0 atom stereocenters. The highest BCUT2D eigenvalue weighted by Gasteiger charge is 2.15. The van der Waals surface area contributed by atoms with Crippen molar-refractivity contribution in [1.82, 2.24) is 10.4 Å². The molecular formula is C11H11ClN4O. The van der Waals surface area contributed by atoms with Gasteiger partial charge in [-0.3, -0.25) is 15.2 Å². The smallest absolute Gasteiger partial charge is 0.268 e. The van der Waals surface area contributed by atoms with Gasteiger partial charge < -0.3 is 5.73 Å². The first-order valence-electron chi connectivity index (χ1n) is 4.90. The Morgan fingerprint density at radius 1 is 1.47 bits per heavy atom. The molecule has 0 aliphatic heterocycles. The highest BCUT2D eigenvalue weighted by Crippen LogP contribution is 2.31. The Labute approximate surface area is 103 Å². The van der Waals surface area contributed by atoms with Crippen molar-refractivity contribution < 1.29 is 4.79 Å². The zero-order chi connectivity index (χ0) is 12.6. The Morgan fingerprint density at radius 2 is 2.18 bits per heavy atom. The average molecular weight is 251 g/mol. The SMILES string of the molecule is Cc1ccc(Cl)c2c(N)c(C(=O)NN)cnc12. The summed E-state index contributed by atoms with van der Waals surface area (Å²) in [5.74, 6) is 4.58. The van der Waals surface area contributed by atoms with Crippen LogP contribution in [0, 0.1) is 6.92 Å². The first kappa shape index (κ1) is 11.6. The van der Waals surface area contributed by atoms with E-state index in [0.29, 0.717) is 15.9 Å². The average Bonchev–Trinajstić information content (AvgIpc) is 2.33. The molecule has 0 aliphatic rings. The number of aryl methyl sites for hydroxylation is 1. The number of carbonyl (C=O) groups is 1. The van der Waals surface area contributed by atoms with E-state index in [1.807, 2.05) is 18.4 Å². The van der Waals surface area contributed by atoms with Crippen molar-refractivity contribution in [2.45, 2.75) is 6.92 Å². The Kier molecular flexibility index (Phi) is 2.87. The van der Waals surface area contributed by atoms with Gasteiger partial charge in [0.05, 0.1) is 21.8 Å². The minimum atomic E-state index is -0.491. The second kappa shape index (κ2) is 4.20. The summed E-state index contributed by atoms with van der Waals surface area (Å²) in [5.41, 5.74) is 10.1. The van der Waals surface area contributed by atoms with Crippen molar-refractivity contribution in [1.29, 1.82) is 0 Å². The van der Waals surface area contributed by atoms with Crippen LogP contribution in [0.4, 0.5) is 5.69 Å². The number of hydrazine groups is 1. The molecule has 0 aliphatic carbocycles. The first-order chi connectivity index (χ1) is 8.06. The van der Waals surface area contributed by atoms with Gasteiger partial charge in [-0.05, 0) is 18.6 Å². The molecular weight excluding hydrogens is 240 g/mol. The van der Waals surface area contributed by atoms with Gasteiger partial charge in [-0.15, -0.1) is 0 Å². The number of aromatic nitrogens is 1. The van der Waals surface area contributed by atoms with Crippen LogP contribution < -0.4 is 17.0 Å². The maximum Gasteiger partial charge on any atom is 0.268 e. The third kappa shape index (κ3) is 1.79. The van der Waals surface area contributed by atoms with Gasteiger partial charge in [0.15, 0.2) is 0 Å². The van der Waals surface area contributed by atoms with Crippen molar-refractivity contribution >= 4 is 34.1 Å². The van der Waals surface area contributed by atoms with Gasteiger partial charge >= 0.3 is 0 Å². The third-order valence-corrected chi connectivity index (χ3v) is 2.90. The number of rotatable bonds is 1. The number of anilines is 1. The van der Waals surface area contributed by atoms with Crippen LogP contribution in [0.2, 0.25) is 5.02 Å². The Balaban J connectivity index is 2.84. The first-order valence-corrected chi connectivity index (χ1v) is 5.28. The van der Waals surface area contributed by atoms with E-state index in [4.69, 9.17) is 23.2 Å². The lowest BCUT2D eigenvalue weighted by molar-refractivity contribution is 0.0954. The maximum absolute atomic E-state index is 11.5. The number of nitrogens with two attached hydrogens (primary N) is 2. The number of fused-ring (bicyclic) bond motifs is 1. The second-order valence-electron chi connectivity index (χ2n) is 3.65. The number of carbonyl (C=O) groups excluding carboxylic acids is 1. The molecule has 88 valence electrons. The summed E-state index contributed by atoms with van der Waals surface area (Å²) in [5, 5.41) is 1.04. The summed E-state index contributed by atoms with van der Waals surface area (Å²) in [6.45, 7) is 1.90. The van der Waals surface area contributed by atoms with Gasteiger partial charge in [-0.25, -0.2) is 5.84 Å². The molecule has 0 unspecified atom stereocenters. The number of amides is 1. The zero-order valence-corrected chi connectivity index (χ0v) is 9.88. The quantitative estimate of drug-likeness (QED) is 0.405. The molecule has 5 N–H and O–H groups in total. The normalized spacial score (nSPS) is 10.5. The molecule has 0 radical (unpaired) electrons. The summed E-state index contributed by atoms with van der Waals surface area (Å²) in [6, 6.07) is 3.57.